The minimum absolute atomic E-state index is 0.108. The molecule has 4 atom stereocenters. The number of ketones is 1. The summed E-state index contributed by atoms with van der Waals surface area (Å²) in [6.45, 7) is 1.87. The predicted molar refractivity (Wildman–Crippen MR) is 88.8 cm³/mol. The first-order chi connectivity index (χ1) is 11.5. The Morgan fingerprint density at radius 2 is 1.92 bits per heavy atom. The van der Waals surface area contributed by atoms with Gasteiger partial charge in [0.1, 0.15) is 0 Å². The van der Waals surface area contributed by atoms with Crippen LogP contribution >= 0.6 is 15.9 Å². The highest BCUT2D eigenvalue weighted by Gasteiger charge is 2.79. The number of esters is 1. The Hall–Kier alpha value is -1.95. The van der Waals surface area contributed by atoms with Crippen LogP contribution < -0.4 is 5.32 Å². The molecule has 0 spiro atoms. The lowest BCUT2D eigenvalue weighted by atomic mass is 9.60. The molecule has 3 aliphatic rings. The molecule has 4 rings (SSSR count). The second-order valence-electron chi connectivity index (χ2n) is 6.46. The molecule has 124 valence electrons. The monoisotopic (exact) mass is 389 g/mol. The summed E-state index contributed by atoms with van der Waals surface area (Å²) in [5, 5.41) is 2.87. The van der Waals surface area contributed by atoms with E-state index < -0.39 is 28.6 Å². The van der Waals surface area contributed by atoms with Crippen molar-refractivity contribution in [2.45, 2.75) is 18.9 Å². The maximum absolute atomic E-state index is 13.0. The first kappa shape index (κ1) is 15.6. The number of hydrogen-bond acceptors (Lipinski definition) is 4. The van der Waals surface area contributed by atoms with Crippen LogP contribution in [0.3, 0.4) is 0 Å². The number of carbonyl (C=O) groups is 3. The van der Waals surface area contributed by atoms with Crippen molar-refractivity contribution in [3.63, 3.8) is 0 Å². The molecular formula is C18H16BrNO4. The number of allylic oxidation sites excluding steroid dienone is 1. The van der Waals surface area contributed by atoms with Gasteiger partial charge < -0.3 is 10.1 Å². The fraction of sp³-hybridized carbons (Fsp3) is 0.389. The van der Waals surface area contributed by atoms with Gasteiger partial charge in [-0.3, -0.25) is 14.4 Å². The third-order valence-corrected chi connectivity index (χ3v) is 6.12. The van der Waals surface area contributed by atoms with Crippen LogP contribution in [0.5, 0.6) is 0 Å². The molecule has 1 amide bonds. The smallest absolute Gasteiger partial charge is 0.323 e. The van der Waals surface area contributed by atoms with Crippen molar-refractivity contribution < 1.29 is 19.1 Å². The standard InChI is InChI=1S/C18H16BrNO4/c1-2-24-16(23)17-11-3-4-12(9-11)18(17,20-15(22)14(17)21)10-5-7-13(19)8-6-10/h3-8,11-12H,2,9H2,1H3,(H,20,22)/t11-,12+,17-,18-/m1/s1. The van der Waals surface area contributed by atoms with Gasteiger partial charge in [0.05, 0.1) is 12.1 Å². The van der Waals surface area contributed by atoms with Gasteiger partial charge in [0.15, 0.2) is 5.41 Å². The van der Waals surface area contributed by atoms with Crippen molar-refractivity contribution in [1.82, 2.24) is 5.32 Å². The van der Waals surface area contributed by atoms with Gasteiger partial charge >= 0.3 is 5.97 Å². The molecule has 1 aliphatic heterocycles. The molecule has 24 heavy (non-hydrogen) atoms. The van der Waals surface area contributed by atoms with Gasteiger partial charge in [-0.2, -0.15) is 0 Å². The molecule has 2 aliphatic carbocycles. The van der Waals surface area contributed by atoms with Gasteiger partial charge in [0.2, 0.25) is 5.78 Å². The maximum atomic E-state index is 13.0. The van der Waals surface area contributed by atoms with Crippen molar-refractivity contribution in [2.75, 3.05) is 6.61 Å². The van der Waals surface area contributed by atoms with Gasteiger partial charge in [-0.15, -0.1) is 0 Å². The first-order valence-electron chi connectivity index (χ1n) is 7.97. The average molecular weight is 390 g/mol. The van der Waals surface area contributed by atoms with E-state index in [9.17, 15) is 14.4 Å². The molecule has 2 fully saturated rings. The predicted octanol–water partition coefficient (Wildman–Crippen LogP) is 2.10. The summed E-state index contributed by atoms with van der Waals surface area (Å²) in [5.74, 6) is -2.42. The maximum Gasteiger partial charge on any atom is 0.323 e. The van der Waals surface area contributed by atoms with Crippen molar-refractivity contribution >= 4 is 33.6 Å². The van der Waals surface area contributed by atoms with Crippen LogP contribution in [-0.4, -0.2) is 24.3 Å². The van der Waals surface area contributed by atoms with E-state index in [1.54, 1.807) is 6.92 Å². The number of Topliss-reactive ketones (excluding diaryl/α,β-unsaturated/α-hetero) is 1. The lowest BCUT2D eigenvalue weighted by Gasteiger charge is -2.43. The molecule has 0 aromatic heterocycles. The van der Waals surface area contributed by atoms with Gasteiger partial charge in [0, 0.05) is 16.3 Å². The van der Waals surface area contributed by atoms with Crippen LogP contribution in [0.2, 0.25) is 0 Å². The number of rotatable bonds is 3. The van der Waals surface area contributed by atoms with E-state index in [1.807, 2.05) is 36.4 Å². The van der Waals surface area contributed by atoms with E-state index in [-0.39, 0.29) is 18.4 Å². The van der Waals surface area contributed by atoms with Crippen molar-refractivity contribution in [3.05, 3.63) is 46.5 Å². The topological polar surface area (TPSA) is 72.5 Å². The van der Waals surface area contributed by atoms with Gasteiger partial charge in [-0.05, 0) is 31.0 Å². The van der Waals surface area contributed by atoms with Crippen LogP contribution in [0.4, 0.5) is 0 Å². The molecule has 1 saturated heterocycles. The molecule has 1 heterocycles. The highest BCUT2D eigenvalue weighted by Crippen LogP contribution is 2.66. The number of fused-ring (bicyclic) bond motifs is 5. The molecule has 2 bridgehead atoms. The Kier molecular flexibility index (Phi) is 3.26. The summed E-state index contributed by atoms with van der Waals surface area (Å²) < 4.78 is 6.16. The SMILES string of the molecule is CCOC(=O)[C@@]12C(=O)C(=O)N[C@]1(c1ccc(Br)cc1)[C@H]1C=C[C@@H]2C1. The molecule has 1 saturated carbocycles. The van der Waals surface area contributed by atoms with Crippen LogP contribution in [0.25, 0.3) is 0 Å². The number of nitrogens with one attached hydrogen (secondary N) is 1. The average Bonchev–Trinajstić information content (AvgIpc) is 3.20. The van der Waals surface area contributed by atoms with Crippen molar-refractivity contribution in [2.24, 2.45) is 17.3 Å². The fourth-order valence-corrected chi connectivity index (χ4v) is 5.02. The highest BCUT2D eigenvalue weighted by atomic mass is 79.9. The van der Waals surface area contributed by atoms with Crippen LogP contribution in [0, 0.1) is 17.3 Å². The van der Waals surface area contributed by atoms with Crippen LogP contribution in [-0.2, 0) is 24.7 Å². The second-order valence-corrected chi connectivity index (χ2v) is 7.38. The van der Waals surface area contributed by atoms with E-state index in [2.05, 4.69) is 21.2 Å². The summed E-state index contributed by atoms with van der Waals surface area (Å²) >= 11 is 3.40. The van der Waals surface area contributed by atoms with Gasteiger partial charge in [0.25, 0.3) is 5.91 Å². The Balaban J connectivity index is 1.99. The summed E-state index contributed by atoms with van der Waals surface area (Å²) in [6, 6.07) is 7.41. The molecular weight excluding hydrogens is 374 g/mol. The zero-order chi connectivity index (χ0) is 17.1. The zero-order valence-corrected chi connectivity index (χ0v) is 14.6. The summed E-state index contributed by atoms with van der Waals surface area (Å²) in [5.41, 5.74) is -1.81. The van der Waals surface area contributed by atoms with E-state index in [1.165, 1.54) is 0 Å². The Morgan fingerprint density at radius 3 is 2.58 bits per heavy atom. The molecule has 6 heteroatoms. The van der Waals surface area contributed by atoms with Crippen molar-refractivity contribution in [3.8, 4) is 0 Å². The number of halogens is 1. The third kappa shape index (κ3) is 1.57. The molecule has 1 aromatic carbocycles. The fourth-order valence-electron chi connectivity index (χ4n) is 4.76. The lowest BCUT2D eigenvalue weighted by Crippen LogP contribution is -2.58. The Bertz CT molecular complexity index is 787. The van der Waals surface area contributed by atoms with Crippen LogP contribution in [0.15, 0.2) is 40.9 Å². The largest absolute Gasteiger partial charge is 0.465 e. The van der Waals surface area contributed by atoms with Gasteiger partial charge in [-0.1, -0.05) is 40.2 Å². The Morgan fingerprint density at radius 1 is 1.25 bits per heavy atom. The van der Waals surface area contributed by atoms with Crippen LogP contribution in [0.1, 0.15) is 18.9 Å². The summed E-state index contributed by atoms with van der Waals surface area (Å²) in [4.78, 5) is 38.2. The highest BCUT2D eigenvalue weighted by molar-refractivity contribution is 9.10. The van der Waals surface area contributed by atoms with E-state index in [4.69, 9.17) is 4.74 Å². The van der Waals surface area contributed by atoms with Crippen molar-refractivity contribution in [1.29, 1.82) is 0 Å². The minimum atomic E-state index is -1.51. The Labute approximate surface area is 147 Å². The van der Waals surface area contributed by atoms with E-state index >= 15 is 0 Å². The van der Waals surface area contributed by atoms with Gasteiger partial charge in [-0.25, -0.2) is 0 Å². The number of benzene rings is 1. The number of carbonyl (C=O) groups excluding carboxylic acids is 3. The lowest BCUT2D eigenvalue weighted by molar-refractivity contribution is -0.165. The summed E-state index contributed by atoms with van der Waals surface area (Å²) in [7, 11) is 0. The number of ether oxygens (including phenoxy) is 1. The summed E-state index contributed by atoms with van der Waals surface area (Å²) in [6.07, 6.45) is 4.54. The number of hydrogen-bond donors (Lipinski definition) is 1. The molecule has 1 aromatic rings. The molecule has 0 unspecified atom stereocenters. The minimum Gasteiger partial charge on any atom is -0.465 e. The quantitative estimate of drug-likeness (QED) is 0.371. The molecule has 1 N–H and O–H groups in total. The third-order valence-electron chi connectivity index (χ3n) is 5.59. The van der Waals surface area contributed by atoms with E-state index in [0.717, 1.165) is 10.0 Å². The molecule has 5 nitrogen and oxygen atoms in total. The number of amides is 1. The first-order valence-corrected chi connectivity index (χ1v) is 8.76. The second kappa shape index (κ2) is 5.02. The normalized spacial score (nSPS) is 35.9. The molecule has 0 radical (unpaired) electrons. The zero-order valence-electron chi connectivity index (χ0n) is 13.0. The van der Waals surface area contributed by atoms with E-state index in [0.29, 0.717) is 6.42 Å².